The first-order chi connectivity index (χ1) is 16.1. The van der Waals surface area contributed by atoms with E-state index >= 15 is 0 Å². The standard InChI is InChI=1S/C26H27N3O3S/c1-33-15-13-19-16-29(28-14-12-22(30)25(31)24(28)26(32)27-19)23-20-8-4-2-6-17(20)10-11-18-7-3-5-9-21(18)23/h2-9,12,14,19,23,31H,10-11,13,15-16H2,1H3,(H,27,32)/t19-/m0/s1. The predicted molar refractivity (Wildman–Crippen MR) is 132 cm³/mol. The van der Waals surface area contributed by atoms with Crippen molar-refractivity contribution < 1.29 is 9.90 Å². The molecule has 0 bridgehead atoms. The number of thioether (sulfide) groups is 1. The number of hydrogen-bond donors (Lipinski definition) is 2. The van der Waals surface area contributed by atoms with Crippen molar-refractivity contribution in [2.45, 2.75) is 31.3 Å². The lowest BCUT2D eigenvalue weighted by molar-refractivity contribution is 0.0933. The van der Waals surface area contributed by atoms with Crippen LogP contribution in [0.3, 0.4) is 0 Å². The Bertz CT molecular complexity index is 1210. The van der Waals surface area contributed by atoms with Crippen molar-refractivity contribution in [1.29, 1.82) is 0 Å². The molecule has 2 heterocycles. The third kappa shape index (κ3) is 3.91. The minimum absolute atomic E-state index is 0.00615. The summed E-state index contributed by atoms with van der Waals surface area (Å²) in [6, 6.07) is 17.9. The molecule has 170 valence electrons. The van der Waals surface area contributed by atoms with E-state index in [1.165, 1.54) is 28.3 Å². The number of carbonyl (C=O) groups excluding carboxylic acids is 1. The first-order valence-electron chi connectivity index (χ1n) is 11.3. The summed E-state index contributed by atoms with van der Waals surface area (Å²) >= 11 is 1.73. The van der Waals surface area contributed by atoms with E-state index in [4.69, 9.17) is 0 Å². The summed E-state index contributed by atoms with van der Waals surface area (Å²) in [5, 5.41) is 15.8. The van der Waals surface area contributed by atoms with Crippen LogP contribution in [0.5, 0.6) is 5.75 Å². The zero-order valence-corrected chi connectivity index (χ0v) is 19.3. The van der Waals surface area contributed by atoms with Crippen molar-refractivity contribution in [2.24, 2.45) is 0 Å². The highest BCUT2D eigenvalue weighted by atomic mass is 32.2. The smallest absolute Gasteiger partial charge is 0.274 e. The molecule has 1 aliphatic heterocycles. The van der Waals surface area contributed by atoms with Crippen LogP contribution < -0.4 is 15.8 Å². The van der Waals surface area contributed by atoms with Gasteiger partial charge >= 0.3 is 0 Å². The molecule has 1 aliphatic carbocycles. The molecule has 2 aromatic carbocycles. The van der Waals surface area contributed by atoms with E-state index in [0.717, 1.165) is 25.0 Å². The molecular weight excluding hydrogens is 434 g/mol. The normalized spacial score (nSPS) is 17.9. The zero-order valence-electron chi connectivity index (χ0n) is 18.5. The van der Waals surface area contributed by atoms with Gasteiger partial charge in [0.2, 0.25) is 5.43 Å². The van der Waals surface area contributed by atoms with E-state index in [0.29, 0.717) is 6.54 Å². The fourth-order valence-electron chi connectivity index (χ4n) is 5.02. The minimum atomic E-state index is -0.555. The molecule has 0 unspecified atom stereocenters. The molecule has 3 aromatic rings. The number of fused-ring (bicyclic) bond motifs is 3. The maximum Gasteiger partial charge on any atom is 0.274 e. The first kappa shape index (κ1) is 21.6. The topological polar surface area (TPSA) is 74.6 Å². The van der Waals surface area contributed by atoms with E-state index in [1.54, 1.807) is 22.6 Å². The van der Waals surface area contributed by atoms with Gasteiger partial charge in [0, 0.05) is 18.3 Å². The van der Waals surface area contributed by atoms with E-state index in [2.05, 4.69) is 58.9 Å². The van der Waals surface area contributed by atoms with Crippen LogP contribution in [-0.2, 0) is 12.8 Å². The fraction of sp³-hybridized carbons (Fsp3) is 0.308. The van der Waals surface area contributed by atoms with Crippen molar-refractivity contribution >= 4 is 17.7 Å². The molecule has 1 amide bonds. The Balaban J connectivity index is 1.75. The van der Waals surface area contributed by atoms with Crippen LogP contribution in [0.2, 0.25) is 0 Å². The maximum absolute atomic E-state index is 13.2. The number of aromatic nitrogens is 1. The Morgan fingerprint density at radius 1 is 1.00 bits per heavy atom. The molecule has 2 N–H and O–H groups in total. The predicted octanol–water partition coefficient (Wildman–Crippen LogP) is 3.25. The Kier molecular flexibility index (Phi) is 5.89. The van der Waals surface area contributed by atoms with Gasteiger partial charge in [-0.2, -0.15) is 11.8 Å². The van der Waals surface area contributed by atoms with Crippen molar-refractivity contribution in [3.8, 4) is 5.75 Å². The quantitative estimate of drug-likeness (QED) is 0.624. The van der Waals surface area contributed by atoms with Gasteiger partial charge < -0.3 is 10.4 Å². The van der Waals surface area contributed by atoms with Crippen LogP contribution in [0.4, 0.5) is 0 Å². The molecule has 0 fully saturated rings. The maximum atomic E-state index is 13.2. The molecule has 1 atom stereocenters. The Morgan fingerprint density at radius 3 is 2.27 bits per heavy atom. The number of rotatable bonds is 4. The summed E-state index contributed by atoms with van der Waals surface area (Å²) in [5.41, 5.74) is 4.35. The molecule has 7 heteroatoms. The van der Waals surface area contributed by atoms with Gasteiger partial charge in [-0.05, 0) is 53.5 Å². The van der Waals surface area contributed by atoms with Gasteiger partial charge in [-0.15, -0.1) is 0 Å². The van der Waals surface area contributed by atoms with Gasteiger partial charge in [0.15, 0.2) is 11.4 Å². The van der Waals surface area contributed by atoms with Crippen LogP contribution >= 0.6 is 11.8 Å². The lowest BCUT2D eigenvalue weighted by Crippen LogP contribution is -2.46. The van der Waals surface area contributed by atoms with Crippen molar-refractivity contribution in [2.75, 3.05) is 23.6 Å². The van der Waals surface area contributed by atoms with Gasteiger partial charge in [0.25, 0.3) is 5.91 Å². The number of nitrogens with one attached hydrogen (secondary N) is 1. The molecule has 33 heavy (non-hydrogen) atoms. The molecule has 0 spiro atoms. The first-order valence-corrected chi connectivity index (χ1v) is 12.6. The van der Waals surface area contributed by atoms with Crippen LogP contribution in [0.25, 0.3) is 0 Å². The van der Waals surface area contributed by atoms with Gasteiger partial charge in [-0.1, -0.05) is 48.5 Å². The molecule has 0 radical (unpaired) electrons. The summed E-state index contributed by atoms with van der Waals surface area (Å²) in [5.74, 6) is -0.0362. The number of carbonyl (C=O) groups is 1. The van der Waals surface area contributed by atoms with Crippen LogP contribution in [-0.4, -0.2) is 40.3 Å². The molecular formula is C26H27N3O3S. The highest BCUT2D eigenvalue weighted by molar-refractivity contribution is 7.98. The average Bonchev–Trinajstić information content (AvgIpc) is 3.08. The molecule has 6 nitrogen and oxygen atoms in total. The third-order valence-electron chi connectivity index (χ3n) is 6.62. The SMILES string of the molecule is CSCC[C@H]1CN(C2c3ccccc3CCc3ccccc32)n2ccc(=O)c(O)c2C(=O)N1. The molecule has 2 aliphatic rings. The van der Waals surface area contributed by atoms with Crippen LogP contribution in [0.1, 0.15) is 45.2 Å². The zero-order chi connectivity index (χ0) is 22.9. The van der Waals surface area contributed by atoms with Gasteiger partial charge in [0.05, 0.1) is 12.6 Å². The largest absolute Gasteiger partial charge is 0.502 e. The number of aromatic hydroxyl groups is 1. The van der Waals surface area contributed by atoms with Crippen LogP contribution in [0, 0.1) is 0 Å². The number of benzene rings is 2. The summed E-state index contributed by atoms with van der Waals surface area (Å²) < 4.78 is 1.69. The summed E-state index contributed by atoms with van der Waals surface area (Å²) in [6.45, 7) is 0.551. The van der Waals surface area contributed by atoms with E-state index < -0.39 is 17.1 Å². The highest BCUT2D eigenvalue weighted by Crippen LogP contribution is 2.37. The summed E-state index contributed by atoms with van der Waals surface area (Å²) in [7, 11) is 0. The second-order valence-electron chi connectivity index (χ2n) is 8.60. The van der Waals surface area contributed by atoms with E-state index in [-0.39, 0.29) is 17.8 Å². The lowest BCUT2D eigenvalue weighted by atomic mass is 9.93. The Hall–Kier alpha value is -3.19. The summed E-state index contributed by atoms with van der Waals surface area (Å²) in [4.78, 5) is 25.4. The second kappa shape index (κ2) is 8.98. The Morgan fingerprint density at radius 2 is 1.64 bits per heavy atom. The number of hydrogen-bond acceptors (Lipinski definition) is 5. The van der Waals surface area contributed by atoms with Gasteiger partial charge in [-0.3, -0.25) is 19.3 Å². The second-order valence-corrected chi connectivity index (χ2v) is 9.58. The highest BCUT2D eigenvalue weighted by Gasteiger charge is 2.36. The average molecular weight is 462 g/mol. The van der Waals surface area contributed by atoms with Crippen LogP contribution in [0.15, 0.2) is 65.6 Å². The lowest BCUT2D eigenvalue weighted by Gasteiger charge is -2.37. The Labute approximate surface area is 197 Å². The minimum Gasteiger partial charge on any atom is -0.502 e. The van der Waals surface area contributed by atoms with Gasteiger partial charge in [0.1, 0.15) is 0 Å². The molecule has 0 saturated carbocycles. The number of pyridine rings is 1. The fourth-order valence-corrected chi connectivity index (χ4v) is 5.54. The van der Waals surface area contributed by atoms with Gasteiger partial charge in [-0.25, -0.2) is 0 Å². The number of aryl methyl sites for hydroxylation is 2. The van der Waals surface area contributed by atoms with Crippen molar-refractivity contribution in [3.05, 3.63) is 99.0 Å². The van der Waals surface area contributed by atoms with E-state index in [9.17, 15) is 14.7 Å². The monoisotopic (exact) mass is 461 g/mol. The molecule has 5 rings (SSSR count). The van der Waals surface area contributed by atoms with Crippen molar-refractivity contribution in [3.63, 3.8) is 0 Å². The third-order valence-corrected chi connectivity index (χ3v) is 7.26. The summed E-state index contributed by atoms with van der Waals surface area (Å²) in [6.07, 6.45) is 6.33. The molecule has 1 aromatic heterocycles. The number of amides is 1. The molecule has 0 saturated heterocycles. The number of nitrogens with zero attached hydrogens (tertiary/aromatic N) is 2. The van der Waals surface area contributed by atoms with Crippen molar-refractivity contribution in [1.82, 2.24) is 9.99 Å². The van der Waals surface area contributed by atoms with E-state index in [1.807, 2.05) is 6.26 Å².